The molecular weight excluding hydrogens is 443 g/mol. The van der Waals surface area contributed by atoms with E-state index in [1.165, 1.54) is 6.07 Å². The van der Waals surface area contributed by atoms with E-state index in [1.807, 2.05) is 13.8 Å². The number of likely N-dealkylation sites (tertiary alicyclic amines) is 1. The fraction of sp³-hybridized carbons (Fsp3) is 0.682. The molecule has 1 amide bonds. The zero-order chi connectivity index (χ0) is 23.8. The smallest absolute Gasteiger partial charge is 0.320 e. The van der Waals surface area contributed by atoms with Gasteiger partial charge in [-0.25, -0.2) is 12.7 Å². The molecule has 2 unspecified atom stereocenters. The fourth-order valence-electron chi connectivity index (χ4n) is 5.20. The minimum atomic E-state index is -4.40. The Kier molecular flexibility index (Phi) is 7.26. The van der Waals surface area contributed by atoms with Crippen LogP contribution in [0.4, 0.5) is 13.2 Å². The lowest BCUT2D eigenvalue weighted by atomic mass is 9.97. The van der Waals surface area contributed by atoms with Crippen molar-refractivity contribution in [1.29, 1.82) is 0 Å². The summed E-state index contributed by atoms with van der Waals surface area (Å²) < 4.78 is 65.2. The minimum absolute atomic E-state index is 0.0503. The fourth-order valence-corrected chi connectivity index (χ4v) is 6.41. The van der Waals surface area contributed by atoms with Crippen molar-refractivity contribution in [3.8, 4) is 0 Å². The Morgan fingerprint density at radius 1 is 1.25 bits per heavy atom. The van der Waals surface area contributed by atoms with E-state index in [4.69, 9.17) is 5.73 Å². The van der Waals surface area contributed by atoms with Gasteiger partial charge < -0.3 is 5.73 Å². The Labute approximate surface area is 188 Å². The molecule has 0 spiro atoms. The van der Waals surface area contributed by atoms with Crippen LogP contribution in [0.1, 0.15) is 44.2 Å². The van der Waals surface area contributed by atoms with Crippen molar-refractivity contribution >= 4 is 15.9 Å². The molecule has 1 aromatic carbocycles. The van der Waals surface area contributed by atoms with E-state index >= 15 is 0 Å². The maximum atomic E-state index is 13.0. The number of alkyl halides is 3. The number of benzene rings is 1. The van der Waals surface area contributed by atoms with Crippen LogP contribution in [-0.4, -0.2) is 55.0 Å². The van der Waals surface area contributed by atoms with Crippen LogP contribution in [-0.2, 0) is 27.5 Å². The molecule has 0 aromatic heterocycles. The molecule has 1 saturated carbocycles. The number of nitrogens with two attached hydrogens (primary N) is 1. The lowest BCUT2D eigenvalue weighted by molar-refractivity contribution is -0.137. The highest BCUT2D eigenvalue weighted by molar-refractivity contribution is 7.88. The van der Waals surface area contributed by atoms with E-state index in [9.17, 15) is 26.4 Å². The van der Waals surface area contributed by atoms with Gasteiger partial charge in [0, 0.05) is 19.6 Å². The standard InChI is InChI=1S/C22H32F3N3O3S/c1-14(2)9-19(26)21(29)28(32(3,30)31)20-8-7-16-12-27(13-18(16)20)11-15-5-4-6-17(10-15)22(23,24)25/h4-6,10,14,16,18-20H,7-9,11-13,26H2,1-3H3/t16-,18?,19+,20?/m0/s1. The van der Waals surface area contributed by atoms with Gasteiger partial charge in [-0.3, -0.25) is 9.69 Å². The van der Waals surface area contributed by atoms with Crippen LogP contribution in [0.25, 0.3) is 0 Å². The highest BCUT2D eigenvalue weighted by Gasteiger charge is 2.49. The Balaban J connectivity index is 1.74. The lowest BCUT2D eigenvalue weighted by Gasteiger charge is -2.33. The van der Waals surface area contributed by atoms with Crippen LogP contribution < -0.4 is 5.73 Å². The summed E-state index contributed by atoms with van der Waals surface area (Å²) in [5.74, 6) is -0.265. The summed E-state index contributed by atoms with van der Waals surface area (Å²) >= 11 is 0. The first-order chi connectivity index (χ1) is 14.8. The summed E-state index contributed by atoms with van der Waals surface area (Å²) in [6.07, 6.45) is -1.61. The maximum absolute atomic E-state index is 13.0. The average Bonchev–Trinajstić information content (AvgIpc) is 3.21. The summed E-state index contributed by atoms with van der Waals surface area (Å²) in [5.41, 5.74) is 5.92. The van der Waals surface area contributed by atoms with E-state index < -0.39 is 39.8 Å². The molecule has 6 nitrogen and oxygen atoms in total. The second-order valence-electron chi connectivity index (χ2n) is 9.59. The van der Waals surface area contributed by atoms with Crippen LogP contribution in [0, 0.1) is 17.8 Å². The third-order valence-corrected chi connectivity index (χ3v) is 7.64. The number of amides is 1. The SMILES string of the molecule is CC(C)C[C@@H](N)C(=O)N(C1CC[C@H]2CN(Cc3cccc(C(F)(F)F)c3)CC12)S(C)(=O)=O. The summed E-state index contributed by atoms with van der Waals surface area (Å²) in [5, 5.41) is 0. The molecule has 32 heavy (non-hydrogen) atoms. The van der Waals surface area contributed by atoms with Crippen LogP contribution >= 0.6 is 0 Å². The molecule has 1 heterocycles. The largest absolute Gasteiger partial charge is 0.416 e. The van der Waals surface area contributed by atoms with Gasteiger partial charge in [0.25, 0.3) is 5.91 Å². The number of sulfonamides is 1. The minimum Gasteiger partial charge on any atom is -0.320 e. The topological polar surface area (TPSA) is 83.7 Å². The Bertz CT molecular complexity index is 936. The number of carbonyl (C=O) groups is 1. The van der Waals surface area contributed by atoms with E-state index in [2.05, 4.69) is 4.90 Å². The quantitative estimate of drug-likeness (QED) is 0.655. The molecule has 1 aliphatic carbocycles. The van der Waals surface area contributed by atoms with Gasteiger partial charge in [-0.2, -0.15) is 13.2 Å². The van der Waals surface area contributed by atoms with Crippen molar-refractivity contribution in [1.82, 2.24) is 9.21 Å². The Hall–Kier alpha value is -1.65. The van der Waals surface area contributed by atoms with Crippen molar-refractivity contribution in [3.05, 3.63) is 35.4 Å². The van der Waals surface area contributed by atoms with Crippen molar-refractivity contribution in [2.45, 2.75) is 57.9 Å². The van der Waals surface area contributed by atoms with Gasteiger partial charge in [0.05, 0.1) is 23.9 Å². The number of halogens is 3. The van der Waals surface area contributed by atoms with Gasteiger partial charge in [-0.05, 0) is 48.6 Å². The van der Waals surface area contributed by atoms with Crippen LogP contribution in [0.2, 0.25) is 0 Å². The molecule has 180 valence electrons. The van der Waals surface area contributed by atoms with Crippen LogP contribution in [0.5, 0.6) is 0 Å². The molecule has 1 aliphatic heterocycles. The van der Waals surface area contributed by atoms with Gasteiger partial charge >= 0.3 is 6.18 Å². The second kappa shape index (κ2) is 9.30. The molecule has 2 fully saturated rings. The predicted octanol–water partition coefficient (Wildman–Crippen LogP) is 3.08. The normalized spacial score (nSPS) is 25.2. The third-order valence-electron chi connectivity index (χ3n) is 6.47. The van der Waals surface area contributed by atoms with Crippen molar-refractivity contribution in [2.24, 2.45) is 23.5 Å². The molecular formula is C22H32F3N3O3S. The zero-order valence-electron chi connectivity index (χ0n) is 18.7. The molecule has 1 saturated heterocycles. The number of rotatable bonds is 7. The second-order valence-corrected chi connectivity index (χ2v) is 11.5. The first-order valence-corrected chi connectivity index (χ1v) is 12.8. The van der Waals surface area contributed by atoms with Crippen molar-refractivity contribution < 1.29 is 26.4 Å². The third kappa shape index (κ3) is 5.63. The van der Waals surface area contributed by atoms with Gasteiger partial charge in [-0.15, -0.1) is 0 Å². The highest BCUT2D eigenvalue weighted by Crippen LogP contribution is 2.42. The molecule has 3 rings (SSSR count). The Morgan fingerprint density at radius 2 is 1.94 bits per heavy atom. The van der Waals surface area contributed by atoms with E-state index in [0.29, 0.717) is 38.0 Å². The molecule has 10 heteroatoms. The highest BCUT2D eigenvalue weighted by atomic mass is 32.2. The van der Waals surface area contributed by atoms with E-state index in [1.54, 1.807) is 6.07 Å². The summed E-state index contributed by atoms with van der Waals surface area (Å²) in [6.45, 7) is 5.40. The summed E-state index contributed by atoms with van der Waals surface area (Å²) in [6, 6.07) is 3.92. The van der Waals surface area contributed by atoms with Gasteiger partial charge in [0.15, 0.2) is 0 Å². The number of hydrogen-bond donors (Lipinski definition) is 1. The Morgan fingerprint density at radius 3 is 2.53 bits per heavy atom. The van der Waals surface area contributed by atoms with Crippen molar-refractivity contribution in [3.63, 3.8) is 0 Å². The van der Waals surface area contributed by atoms with Crippen molar-refractivity contribution in [2.75, 3.05) is 19.3 Å². The molecule has 0 bridgehead atoms. The summed E-state index contributed by atoms with van der Waals surface area (Å²) in [4.78, 5) is 15.1. The molecule has 4 atom stereocenters. The molecule has 1 aromatic rings. The maximum Gasteiger partial charge on any atom is 0.416 e. The molecule has 0 radical (unpaired) electrons. The van der Waals surface area contributed by atoms with E-state index in [-0.39, 0.29) is 17.8 Å². The van der Waals surface area contributed by atoms with Gasteiger partial charge in [-0.1, -0.05) is 32.0 Å². The number of hydrogen-bond acceptors (Lipinski definition) is 5. The number of nitrogens with zero attached hydrogens (tertiary/aromatic N) is 2. The first-order valence-electron chi connectivity index (χ1n) is 10.9. The number of carbonyl (C=O) groups excluding carboxylic acids is 1. The van der Waals surface area contributed by atoms with Gasteiger partial charge in [0.1, 0.15) is 0 Å². The monoisotopic (exact) mass is 475 g/mol. The zero-order valence-corrected chi connectivity index (χ0v) is 19.5. The lowest BCUT2D eigenvalue weighted by Crippen LogP contribution is -2.53. The molecule has 2 N–H and O–H groups in total. The van der Waals surface area contributed by atoms with Crippen LogP contribution in [0.3, 0.4) is 0 Å². The van der Waals surface area contributed by atoms with E-state index in [0.717, 1.165) is 29.1 Å². The average molecular weight is 476 g/mol. The summed E-state index contributed by atoms with van der Waals surface area (Å²) in [7, 11) is -3.81. The number of fused-ring (bicyclic) bond motifs is 1. The predicted molar refractivity (Wildman–Crippen MR) is 116 cm³/mol. The first kappa shape index (κ1) is 25.0. The van der Waals surface area contributed by atoms with Crippen LogP contribution in [0.15, 0.2) is 24.3 Å². The van der Waals surface area contributed by atoms with Gasteiger partial charge in [0.2, 0.25) is 10.0 Å². The molecule has 2 aliphatic rings.